The van der Waals surface area contributed by atoms with Gasteiger partial charge in [-0.3, -0.25) is 0 Å². The number of rotatable bonds is 2. The van der Waals surface area contributed by atoms with Gasteiger partial charge in [-0.15, -0.1) is 11.6 Å². The van der Waals surface area contributed by atoms with E-state index in [0.717, 1.165) is 4.43 Å². The first-order valence-corrected chi connectivity index (χ1v) is 5.12. The molecule has 2 heteroatoms. The second-order valence-corrected chi connectivity index (χ2v) is 3.12. The summed E-state index contributed by atoms with van der Waals surface area (Å²) in [6, 6.07) is 8.34. The fourth-order valence-electron chi connectivity index (χ4n) is 0.796. The highest BCUT2D eigenvalue weighted by Gasteiger charge is 1.91. The molecule has 0 unspecified atom stereocenters. The average Bonchev–Trinajstić information content (AvgIpc) is 2.05. The molecule has 1 aromatic rings. The Balaban J connectivity index is 2.87. The van der Waals surface area contributed by atoms with Gasteiger partial charge in [-0.05, 0) is 11.1 Å². The molecule has 0 heterocycles. The van der Waals surface area contributed by atoms with Crippen molar-refractivity contribution in [2.24, 2.45) is 0 Å². The van der Waals surface area contributed by atoms with Gasteiger partial charge in [0.1, 0.15) is 0 Å². The van der Waals surface area contributed by atoms with E-state index in [1.807, 2.05) is 12.1 Å². The molecule has 0 aliphatic carbocycles. The molecule has 0 atom stereocenters. The van der Waals surface area contributed by atoms with Gasteiger partial charge in [-0.2, -0.15) is 0 Å². The van der Waals surface area contributed by atoms with Crippen molar-refractivity contribution in [2.75, 3.05) is 0 Å². The van der Waals surface area contributed by atoms with Crippen LogP contribution in [0.15, 0.2) is 24.3 Å². The molecule has 0 saturated heterocycles. The maximum Gasteiger partial charge on any atom is 0.0474 e. The van der Waals surface area contributed by atoms with E-state index in [9.17, 15) is 0 Å². The third kappa shape index (κ3) is 2.13. The lowest BCUT2D eigenvalue weighted by Crippen LogP contribution is -1.80. The van der Waals surface area contributed by atoms with Crippen molar-refractivity contribution >= 4 is 34.2 Å². The summed E-state index contributed by atoms with van der Waals surface area (Å²) in [5.74, 6) is 0.616. The molecule has 1 rings (SSSR count). The van der Waals surface area contributed by atoms with Crippen LogP contribution in [0.2, 0.25) is 0 Å². The number of hydrogen-bond donors (Lipinski definition) is 0. The molecule has 1 aromatic carbocycles. The second kappa shape index (κ2) is 4.19. The molecule has 0 saturated carbocycles. The van der Waals surface area contributed by atoms with Gasteiger partial charge >= 0.3 is 0 Å². The van der Waals surface area contributed by atoms with Gasteiger partial charge in [-0.25, -0.2) is 0 Å². The molecule has 0 aliphatic rings. The van der Waals surface area contributed by atoms with Crippen LogP contribution in [0.1, 0.15) is 11.1 Å². The van der Waals surface area contributed by atoms with Crippen LogP contribution >= 0.6 is 34.2 Å². The van der Waals surface area contributed by atoms with Crippen molar-refractivity contribution in [3.63, 3.8) is 0 Å². The number of halogens is 2. The molecule has 0 nitrogen and oxygen atoms in total. The zero-order chi connectivity index (χ0) is 7.40. The first-order valence-electron chi connectivity index (χ1n) is 3.06. The first kappa shape index (κ1) is 8.34. The van der Waals surface area contributed by atoms with Gasteiger partial charge in [-0.1, -0.05) is 46.9 Å². The van der Waals surface area contributed by atoms with Gasteiger partial charge in [0.15, 0.2) is 0 Å². The minimum atomic E-state index is 0.616. The smallest absolute Gasteiger partial charge is 0.0474 e. The Kier molecular flexibility index (Phi) is 3.49. The zero-order valence-corrected chi connectivity index (χ0v) is 8.39. The lowest BCUT2D eigenvalue weighted by atomic mass is 10.2. The fraction of sp³-hybridized carbons (Fsp3) is 0.250. The Labute approximate surface area is 79.7 Å². The average molecular weight is 267 g/mol. The largest absolute Gasteiger partial charge is 0.122 e. The Morgan fingerprint density at radius 2 is 2.00 bits per heavy atom. The maximum absolute atomic E-state index is 5.65. The summed E-state index contributed by atoms with van der Waals surface area (Å²) in [4.78, 5) is 0. The molecule has 0 N–H and O–H groups in total. The molecule has 0 radical (unpaired) electrons. The minimum Gasteiger partial charge on any atom is -0.122 e. The van der Waals surface area contributed by atoms with E-state index >= 15 is 0 Å². The third-order valence-corrected chi connectivity index (χ3v) is 2.49. The highest BCUT2D eigenvalue weighted by Crippen LogP contribution is 2.10. The van der Waals surface area contributed by atoms with E-state index in [0.29, 0.717) is 5.88 Å². The maximum atomic E-state index is 5.65. The summed E-state index contributed by atoms with van der Waals surface area (Å²) < 4.78 is 1.06. The molecule has 0 aromatic heterocycles. The van der Waals surface area contributed by atoms with Gasteiger partial charge in [0, 0.05) is 10.3 Å². The Morgan fingerprint density at radius 3 is 2.60 bits per heavy atom. The highest BCUT2D eigenvalue weighted by molar-refractivity contribution is 14.1. The van der Waals surface area contributed by atoms with Crippen LogP contribution in [0.3, 0.4) is 0 Å². The highest BCUT2D eigenvalue weighted by atomic mass is 127. The van der Waals surface area contributed by atoms with Crippen LogP contribution in [0.4, 0.5) is 0 Å². The molecular formula is C8H8ClI. The minimum absolute atomic E-state index is 0.616. The van der Waals surface area contributed by atoms with Crippen LogP contribution < -0.4 is 0 Å². The van der Waals surface area contributed by atoms with Gasteiger partial charge < -0.3 is 0 Å². The van der Waals surface area contributed by atoms with Crippen LogP contribution in [0.25, 0.3) is 0 Å². The third-order valence-electron chi connectivity index (χ3n) is 1.30. The number of hydrogen-bond acceptors (Lipinski definition) is 0. The summed E-state index contributed by atoms with van der Waals surface area (Å²) >= 11 is 8.00. The molecule has 0 fully saturated rings. The predicted octanol–water partition coefficient (Wildman–Crippen LogP) is 3.36. The van der Waals surface area contributed by atoms with Crippen molar-refractivity contribution in [2.45, 2.75) is 10.3 Å². The van der Waals surface area contributed by atoms with E-state index in [2.05, 4.69) is 34.7 Å². The standard InChI is InChI=1S/C8H8ClI/c9-5-7-2-1-3-8(4-7)6-10/h1-4H,5-6H2. The lowest BCUT2D eigenvalue weighted by molar-refractivity contribution is 1.34. The molecule has 0 spiro atoms. The van der Waals surface area contributed by atoms with Crippen LogP contribution in [0.5, 0.6) is 0 Å². The lowest BCUT2D eigenvalue weighted by Gasteiger charge is -1.97. The van der Waals surface area contributed by atoms with E-state index in [1.165, 1.54) is 11.1 Å². The predicted molar refractivity (Wildman–Crippen MR) is 53.7 cm³/mol. The van der Waals surface area contributed by atoms with Crippen LogP contribution in [-0.4, -0.2) is 0 Å². The van der Waals surface area contributed by atoms with E-state index in [-0.39, 0.29) is 0 Å². The van der Waals surface area contributed by atoms with Crippen molar-refractivity contribution in [1.82, 2.24) is 0 Å². The first-order chi connectivity index (χ1) is 4.86. The zero-order valence-electron chi connectivity index (χ0n) is 5.48. The van der Waals surface area contributed by atoms with Crippen molar-refractivity contribution < 1.29 is 0 Å². The second-order valence-electron chi connectivity index (χ2n) is 2.09. The molecular weight excluding hydrogens is 258 g/mol. The van der Waals surface area contributed by atoms with Crippen LogP contribution in [0, 0.1) is 0 Å². The summed E-state index contributed by atoms with van der Waals surface area (Å²) in [5, 5.41) is 0. The summed E-state index contributed by atoms with van der Waals surface area (Å²) in [6.45, 7) is 0. The number of benzene rings is 1. The summed E-state index contributed by atoms with van der Waals surface area (Å²) in [7, 11) is 0. The van der Waals surface area contributed by atoms with Gasteiger partial charge in [0.2, 0.25) is 0 Å². The molecule has 54 valence electrons. The van der Waals surface area contributed by atoms with E-state index in [4.69, 9.17) is 11.6 Å². The monoisotopic (exact) mass is 266 g/mol. The molecule has 0 amide bonds. The van der Waals surface area contributed by atoms with Gasteiger partial charge in [0.25, 0.3) is 0 Å². The van der Waals surface area contributed by atoms with Gasteiger partial charge in [0.05, 0.1) is 0 Å². The molecule has 0 bridgehead atoms. The summed E-state index contributed by atoms with van der Waals surface area (Å²) in [6.07, 6.45) is 0. The quantitative estimate of drug-likeness (QED) is 0.569. The summed E-state index contributed by atoms with van der Waals surface area (Å²) in [5.41, 5.74) is 2.55. The van der Waals surface area contributed by atoms with Crippen molar-refractivity contribution in [3.8, 4) is 0 Å². The van der Waals surface area contributed by atoms with Crippen molar-refractivity contribution in [1.29, 1.82) is 0 Å². The van der Waals surface area contributed by atoms with E-state index < -0.39 is 0 Å². The number of alkyl halides is 2. The Morgan fingerprint density at radius 1 is 1.30 bits per heavy atom. The topological polar surface area (TPSA) is 0 Å². The van der Waals surface area contributed by atoms with Crippen LogP contribution in [-0.2, 0) is 10.3 Å². The normalized spacial score (nSPS) is 9.80. The Hall–Kier alpha value is 0.240. The molecule has 0 aliphatic heterocycles. The van der Waals surface area contributed by atoms with E-state index in [1.54, 1.807) is 0 Å². The molecule has 10 heavy (non-hydrogen) atoms. The Bertz CT molecular complexity index is 191. The fourth-order valence-corrected chi connectivity index (χ4v) is 1.44. The SMILES string of the molecule is ClCc1cccc(CI)c1. The van der Waals surface area contributed by atoms with Crippen molar-refractivity contribution in [3.05, 3.63) is 35.4 Å².